The van der Waals surface area contributed by atoms with Gasteiger partial charge in [-0.25, -0.2) is 4.98 Å². The van der Waals surface area contributed by atoms with Crippen LogP contribution in [0.3, 0.4) is 0 Å². The molecular formula is C13H12N4O3S. The van der Waals surface area contributed by atoms with Gasteiger partial charge in [-0.1, -0.05) is 23.5 Å². The molecule has 1 aromatic carbocycles. The molecule has 1 aromatic heterocycles. The minimum absolute atomic E-state index is 0.0252. The number of nitrogens with one attached hydrogen (secondary N) is 1. The smallest absolute Gasteiger partial charge is 0.278 e. The van der Waals surface area contributed by atoms with Crippen LogP contribution in [0.2, 0.25) is 0 Å². The molecule has 0 atom stereocenters. The Bertz CT molecular complexity index is 724. The number of nitrogens with zero attached hydrogens (tertiary/aromatic N) is 3. The van der Waals surface area contributed by atoms with Gasteiger partial charge in [0.05, 0.1) is 27.3 Å². The zero-order valence-electron chi connectivity index (χ0n) is 11.4. The topological polar surface area (TPSA) is 97.5 Å². The molecule has 2 aromatic rings. The molecule has 0 aliphatic carbocycles. The van der Waals surface area contributed by atoms with Crippen LogP contribution in [0.5, 0.6) is 0 Å². The first-order chi connectivity index (χ1) is 9.99. The van der Waals surface area contributed by atoms with Gasteiger partial charge in [0.15, 0.2) is 5.78 Å². The van der Waals surface area contributed by atoms with E-state index < -0.39 is 4.92 Å². The van der Waals surface area contributed by atoms with E-state index in [1.165, 1.54) is 30.5 Å². The number of aromatic nitrogens is 1. The molecule has 108 valence electrons. The molecule has 1 N–H and O–H groups in total. The summed E-state index contributed by atoms with van der Waals surface area (Å²) in [6, 6.07) is 6.28. The molecule has 0 saturated carbocycles. The van der Waals surface area contributed by atoms with Gasteiger partial charge < -0.3 is 0 Å². The molecule has 0 aliphatic heterocycles. The fourth-order valence-electron chi connectivity index (χ4n) is 1.69. The average Bonchev–Trinajstić information content (AvgIpc) is 2.80. The number of rotatable bonds is 5. The van der Waals surface area contributed by atoms with E-state index in [9.17, 15) is 14.9 Å². The van der Waals surface area contributed by atoms with Gasteiger partial charge in [0, 0.05) is 13.0 Å². The van der Waals surface area contributed by atoms with Gasteiger partial charge in [-0.3, -0.25) is 20.3 Å². The minimum Gasteiger partial charge on any atom is -0.294 e. The van der Waals surface area contributed by atoms with E-state index in [1.807, 2.05) is 0 Å². The fraction of sp³-hybridized carbons (Fsp3) is 0.154. The van der Waals surface area contributed by atoms with Gasteiger partial charge in [0.1, 0.15) is 0 Å². The SMILES string of the molecule is CC(=O)c1sc(NN=Cc2ccccc2[N+](=O)[O-])nc1C. The number of nitro groups is 1. The maximum atomic E-state index is 11.3. The Morgan fingerprint density at radius 2 is 2.19 bits per heavy atom. The van der Waals surface area contributed by atoms with Crippen molar-refractivity contribution in [2.75, 3.05) is 5.43 Å². The van der Waals surface area contributed by atoms with E-state index in [0.717, 1.165) is 0 Å². The predicted molar refractivity (Wildman–Crippen MR) is 81.2 cm³/mol. The highest BCUT2D eigenvalue weighted by Gasteiger charge is 2.12. The quantitative estimate of drug-likeness (QED) is 0.396. The van der Waals surface area contributed by atoms with Crippen LogP contribution in [0, 0.1) is 17.0 Å². The van der Waals surface area contributed by atoms with Crippen LogP contribution in [0.25, 0.3) is 0 Å². The Labute approximate surface area is 124 Å². The zero-order chi connectivity index (χ0) is 15.4. The molecule has 0 radical (unpaired) electrons. The van der Waals surface area contributed by atoms with Crippen LogP contribution in [0.15, 0.2) is 29.4 Å². The molecule has 0 amide bonds. The van der Waals surface area contributed by atoms with E-state index in [2.05, 4.69) is 15.5 Å². The number of Topliss-reactive ketones (excluding diaryl/α,β-unsaturated/α-hetero) is 1. The van der Waals surface area contributed by atoms with Gasteiger partial charge >= 0.3 is 0 Å². The lowest BCUT2D eigenvalue weighted by Gasteiger charge is -1.96. The third-order valence-corrected chi connectivity index (χ3v) is 3.78. The molecule has 1 heterocycles. The number of benzene rings is 1. The third kappa shape index (κ3) is 3.48. The van der Waals surface area contributed by atoms with Crippen molar-refractivity contribution in [1.82, 2.24) is 4.98 Å². The summed E-state index contributed by atoms with van der Waals surface area (Å²) in [7, 11) is 0. The number of ketones is 1. The Kier molecular flexibility index (Phi) is 4.39. The number of carbonyl (C=O) groups excluding carboxylic acids is 1. The van der Waals surface area contributed by atoms with Crippen molar-refractivity contribution >= 4 is 34.2 Å². The van der Waals surface area contributed by atoms with Crippen LogP contribution in [0.4, 0.5) is 10.8 Å². The minimum atomic E-state index is -0.469. The Hall–Kier alpha value is -2.61. The number of carbonyl (C=O) groups is 1. The van der Waals surface area contributed by atoms with Crippen LogP contribution >= 0.6 is 11.3 Å². The average molecular weight is 304 g/mol. The highest BCUT2D eigenvalue weighted by molar-refractivity contribution is 7.17. The Morgan fingerprint density at radius 3 is 2.81 bits per heavy atom. The van der Waals surface area contributed by atoms with E-state index in [-0.39, 0.29) is 11.5 Å². The zero-order valence-corrected chi connectivity index (χ0v) is 12.2. The second-order valence-corrected chi connectivity index (χ2v) is 5.17. The molecule has 0 spiro atoms. The number of thiazole rings is 1. The van der Waals surface area contributed by atoms with Crippen molar-refractivity contribution in [2.45, 2.75) is 13.8 Å². The summed E-state index contributed by atoms with van der Waals surface area (Å²) in [5.41, 5.74) is 3.67. The molecule has 0 aliphatic rings. The number of hydrogen-bond donors (Lipinski definition) is 1. The molecule has 0 saturated heterocycles. The largest absolute Gasteiger partial charge is 0.294 e. The maximum Gasteiger partial charge on any atom is 0.278 e. The molecule has 0 bridgehead atoms. The second kappa shape index (κ2) is 6.23. The van der Waals surface area contributed by atoms with Gasteiger partial charge in [0.2, 0.25) is 5.13 Å². The van der Waals surface area contributed by atoms with Crippen molar-refractivity contribution in [3.63, 3.8) is 0 Å². The molecule has 7 nitrogen and oxygen atoms in total. The monoisotopic (exact) mass is 304 g/mol. The first kappa shape index (κ1) is 14.8. The number of hydrogen-bond acceptors (Lipinski definition) is 7. The highest BCUT2D eigenvalue weighted by Crippen LogP contribution is 2.23. The summed E-state index contributed by atoms with van der Waals surface area (Å²) in [5.74, 6) is -0.0549. The van der Waals surface area contributed by atoms with Crippen molar-refractivity contribution in [3.8, 4) is 0 Å². The molecule has 21 heavy (non-hydrogen) atoms. The summed E-state index contributed by atoms with van der Waals surface area (Å²) in [4.78, 5) is 26.4. The van der Waals surface area contributed by atoms with Crippen LogP contribution in [0.1, 0.15) is 27.9 Å². The normalized spacial score (nSPS) is 10.8. The highest BCUT2D eigenvalue weighted by atomic mass is 32.1. The van der Waals surface area contributed by atoms with Crippen molar-refractivity contribution in [1.29, 1.82) is 0 Å². The molecule has 0 fully saturated rings. The molecule has 2 rings (SSSR count). The second-order valence-electron chi connectivity index (χ2n) is 4.18. The fourth-order valence-corrected chi connectivity index (χ4v) is 2.50. The van der Waals surface area contributed by atoms with Gasteiger partial charge in [-0.15, -0.1) is 0 Å². The lowest BCUT2D eigenvalue weighted by atomic mass is 10.2. The van der Waals surface area contributed by atoms with Crippen LogP contribution < -0.4 is 5.43 Å². The number of aryl methyl sites for hydroxylation is 1. The standard InChI is InChI=1S/C13H12N4O3S/c1-8-12(9(2)18)21-13(15-8)16-14-7-10-5-3-4-6-11(10)17(19)20/h3-7H,1-2H3,(H,15,16). The summed E-state index contributed by atoms with van der Waals surface area (Å²) in [5, 5.41) is 15.2. The number of nitro benzene ring substituents is 1. The summed E-state index contributed by atoms with van der Waals surface area (Å²) < 4.78 is 0. The van der Waals surface area contributed by atoms with Gasteiger partial charge in [-0.05, 0) is 13.0 Å². The predicted octanol–water partition coefficient (Wildman–Crippen LogP) is 3.01. The number of para-hydroxylation sites is 1. The van der Waals surface area contributed by atoms with Crippen molar-refractivity contribution < 1.29 is 9.72 Å². The van der Waals surface area contributed by atoms with E-state index in [1.54, 1.807) is 25.1 Å². The number of hydrazone groups is 1. The van der Waals surface area contributed by atoms with Gasteiger partial charge in [-0.2, -0.15) is 5.10 Å². The molecule has 0 unspecified atom stereocenters. The summed E-state index contributed by atoms with van der Waals surface area (Å²) in [6.45, 7) is 3.21. The summed E-state index contributed by atoms with van der Waals surface area (Å²) >= 11 is 1.19. The van der Waals surface area contributed by atoms with Crippen molar-refractivity contribution in [3.05, 3.63) is 50.5 Å². The van der Waals surface area contributed by atoms with E-state index >= 15 is 0 Å². The Balaban J connectivity index is 2.15. The third-order valence-electron chi connectivity index (χ3n) is 2.61. The van der Waals surface area contributed by atoms with E-state index in [0.29, 0.717) is 21.3 Å². The van der Waals surface area contributed by atoms with Gasteiger partial charge in [0.25, 0.3) is 5.69 Å². The lowest BCUT2D eigenvalue weighted by molar-refractivity contribution is -0.385. The molecule has 8 heteroatoms. The lowest BCUT2D eigenvalue weighted by Crippen LogP contribution is -1.95. The van der Waals surface area contributed by atoms with E-state index in [4.69, 9.17) is 0 Å². The summed E-state index contributed by atoms with van der Waals surface area (Å²) in [6.07, 6.45) is 1.35. The first-order valence-electron chi connectivity index (χ1n) is 6.00. The first-order valence-corrected chi connectivity index (χ1v) is 6.81. The van der Waals surface area contributed by atoms with Crippen LogP contribution in [-0.2, 0) is 0 Å². The number of anilines is 1. The molecular weight excluding hydrogens is 292 g/mol. The maximum absolute atomic E-state index is 11.3. The van der Waals surface area contributed by atoms with Crippen molar-refractivity contribution in [2.24, 2.45) is 5.10 Å². The Morgan fingerprint density at radius 1 is 1.48 bits per heavy atom. The van der Waals surface area contributed by atoms with Crippen LogP contribution in [-0.4, -0.2) is 21.9 Å².